The fourth-order valence-electron chi connectivity index (χ4n) is 4.98. The third-order valence-electron chi connectivity index (χ3n) is 6.94. The van der Waals surface area contributed by atoms with E-state index in [4.69, 9.17) is 32.7 Å². The van der Waals surface area contributed by atoms with Gasteiger partial charge in [0.2, 0.25) is 0 Å². The van der Waals surface area contributed by atoms with Crippen LogP contribution in [0, 0.1) is 5.92 Å². The molecule has 0 unspecified atom stereocenters. The molecule has 9 heteroatoms. The van der Waals surface area contributed by atoms with Crippen LogP contribution >= 0.6 is 23.2 Å². The highest BCUT2D eigenvalue weighted by molar-refractivity contribution is 6.36. The molecule has 2 aromatic heterocycles. The third kappa shape index (κ3) is 7.67. The van der Waals surface area contributed by atoms with Gasteiger partial charge in [0, 0.05) is 62.3 Å². The molecular weight excluding hydrogens is 485 g/mol. The number of rotatable bonds is 10. The lowest BCUT2D eigenvalue weighted by Crippen LogP contribution is -2.42. The van der Waals surface area contributed by atoms with Crippen molar-refractivity contribution in [1.29, 1.82) is 0 Å². The number of nitrogens with one attached hydrogen (secondary N) is 3. The summed E-state index contributed by atoms with van der Waals surface area (Å²) in [6.07, 6.45) is 10.1. The summed E-state index contributed by atoms with van der Waals surface area (Å²) in [4.78, 5) is 8.95. The van der Waals surface area contributed by atoms with Crippen LogP contribution in [-0.2, 0) is 9.47 Å². The average Bonchev–Trinajstić information content (AvgIpc) is 2.87. The molecule has 2 fully saturated rings. The number of hydrogen-bond acceptors (Lipinski definition) is 7. The Hall–Kier alpha value is -1.64. The Kier molecular flexibility index (Phi) is 9.86. The number of pyridine rings is 2. The number of hydrogen-bond donors (Lipinski definition) is 3. The molecule has 1 aliphatic heterocycles. The molecule has 1 saturated carbocycles. The maximum absolute atomic E-state index is 6.56. The molecule has 3 N–H and O–H groups in total. The monoisotopic (exact) mass is 521 g/mol. The molecule has 0 spiro atoms. The van der Waals surface area contributed by atoms with E-state index < -0.39 is 0 Å². The minimum absolute atomic E-state index is 0.371. The van der Waals surface area contributed by atoms with Crippen molar-refractivity contribution in [3.8, 4) is 11.1 Å². The molecule has 3 heterocycles. The molecule has 7 nitrogen and oxygen atoms in total. The standard InChI is InChI=1S/C26H37Cl2N5O2/c1-17(16-34-2)32-19-3-5-20(6-4-19)33-25-12-22(24(27)15-30-25)23-11-21(14-31-26(23)28)29-13-18-7-9-35-10-8-18/h11-12,14-15,17-20,29,32H,3-10,13,16H2,1-2H3,(H,30,33)/t17-,19-,20-/m1/s1. The van der Waals surface area contributed by atoms with Crippen LogP contribution in [0.3, 0.4) is 0 Å². The van der Waals surface area contributed by atoms with Crippen LogP contribution in [0.4, 0.5) is 11.5 Å². The summed E-state index contributed by atoms with van der Waals surface area (Å²) in [5.41, 5.74) is 2.58. The first-order valence-corrected chi connectivity index (χ1v) is 13.4. The quantitative estimate of drug-likeness (QED) is 0.349. The maximum Gasteiger partial charge on any atom is 0.137 e. The summed E-state index contributed by atoms with van der Waals surface area (Å²) in [6.45, 7) is 5.47. The summed E-state index contributed by atoms with van der Waals surface area (Å²) in [5.74, 6) is 1.42. The van der Waals surface area contributed by atoms with Gasteiger partial charge in [-0.3, -0.25) is 0 Å². The lowest BCUT2D eigenvalue weighted by atomic mass is 9.90. The molecule has 0 radical (unpaired) electrons. The van der Waals surface area contributed by atoms with Crippen LogP contribution in [0.5, 0.6) is 0 Å². The van der Waals surface area contributed by atoms with E-state index in [9.17, 15) is 0 Å². The number of halogens is 2. The van der Waals surface area contributed by atoms with E-state index in [-0.39, 0.29) is 0 Å². The molecule has 0 aromatic carbocycles. The highest BCUT2D eigenvalue weighted by Gasteiger charge is 2.23. The second-order valence-electron chi connectivity index (χ2n) is 9.76. The molecule has 1 aliphatic carbocycles. The van der Waals surface area contributed by atoms with Crippen LogP contribution in [0.25, 0.3) is 11.1 Å². The van der Waals surface area contributed by atoms with Crippen molar-refractivity contribution in [3.63, 3.8) is 0 Å². The van der Waals surface area contributed by atoms with E-state index >= 15 is 0 Å². The van der Waals surface area contributed by atoms with Crippen LogP contribution in [0.2, 0.25) is 10.2 Å². The second-order valence-corrected chi connectivity index (χ2v) is 10.5. The highest BCUT2D eigenvalue weighted by Crippen LogP contribution is 2.35. The van der Waals surface area contributed by atoms with Crippen molar-refractivity contribution in [2.45, 2.75) is 63.6 Å². The second kappa shape index (κ2) is 13.1. The Morgan fingerprint density at radius 1 is 1.00 bits per heavy atom. The molecule has 0 bridgehead atoms. The largest absolute Gasteiger partial charge is 0.384 e. The van der Waals surface area contributed by atoms with Crippen molar-refractivity contribution >= 4 is 34.7 Å². The minimum atomic E-state index is 0.371. The van der Waals surface area contributed by atoms with Gasteiger partial charge in [-0.05, 0) is 63.5 Å². The summed E-state index contributed by atoms with van der Waals surface area (Å²) in [6, 6.07) is 5.30. The average molecular weight is 523 g/mol. The van der Waals surface area contributed by atoms with E-state index in [1.165, 1.54) is 0 Å². The Morgan fingerprint density at radius 2 is 1.74 bits per heavy atom. The molecule has 4 rings (SSSR count). The van der Waals surface area contributed by atoms with Crippen LogP contribution in [0.15, 0.2) is 24.5 Å². The zero-order chi connectivity index (χ0) is 24.6. The van der Waals surface area contributed by atoms with Gasteiger partial charge in [-0.25, -0.2) is 9.97 Å². The van der Waals surface area contributed by atoms with Crippen LogP contribution in [-0.4, -0.2) is 61.6 Å². The number of methoxy groups -OCH3 is 1. The van der Waals surface area contributed by atoms with Gasteiger partial charge in [-0.15, -0.1) is 0 Å². The van der Waals surface area contributed by atoms with Crippen molar-refractivity contribution in [3.05, 3.63) is 34.7 Å². The predicted molar refractivity (Wildman–Crippen MR) is 144 cm³/mol. The SMILES string of the molecule is COC[C@@H](C)N[C@H]1CC[C@H](Nc2cc(-c3cc(NCC4CCOCC4)cnc3Cl)c(Cl)cn2)CC1. The van der Waals surface area contributed by atoms with Crippen molar-refractivity contribution < 1.29 is 9.47 Å². The number of anilines is 2. The molecule has 1 atom stereocenters. The number of nitrogens with zero attached hydrogens (tertiary/aromatic N) is 2. The number of ether oxygens (including phenoxy) is 2. The van der Waals surface area contributed by atoms with E-state index in [0.717, 1.165) is 87.5 Å². The van der Waals surface area contributed by atoms with Crippen LogP contribution in [0.1, 0.15) is 45.4 Å². The molecule has 2 aromatic rings. The van der Waals surface area contributed by atoms with Gasteiger partial charge in [0.25, 0.3) is 0 Å². The van der Waals surface area contributed by atoms with Gasteiger partial charge >= 0.3 is 0 Å². The van der Waals surface area contributed by atoms with E-state index in [2.05, 4.69) is 32.8 Å². The zero-order valence-corrected chi connectivity index (χ0v) is 22.2. The summed E-state index contributed by atoms with van der Waals surface area (Å²) in [7, 11) is 1.75. The van der Waals surface area contributed by atoms with Crippen molar-refractivity contribution in [2.75, 3.05) is 44.1 Å². The Morgan fingerprint density at radius 3 is 2.49 bits per heavy atom. The normalized spacial score (nSPS) is 22.1. The first-order valence-electron chi connectivity index (χ1n) is 12.7. The minimum Gasteiger partial charge on any atom is -0.384 e. The van der Waals surface area contributed by atoms with Gasteiger partial charge in [0.05, 0.1) is 23.5 Å². The third-order valence-corrected chi connectivity index (χ3v) is 7.54. The van der Waals surface area contributed by atoms with E-state index in [1.807, 2.05) is 12.1 Å². The molecule has 2 aliphatic rings. The number of aromatic nitrogens is 2. The van der Waals surface area contributed by atoms with Gasteiger partial charge in [0.15, 0.2) is 0 Å². The molecule has 0 amide bonds. The molecule has 1 saturated heterocycles. The van der Waals surface area contributed by atoms with E-state index in [0.29, 0.717) is 34.2 Å². The lowest BCUT2D eigenvalue weighted by molar-refractivity contribution is 0.0699. The first kappa shape index (κ1) is 26.4. The summed E-state index contributed by atoms with van der Waals surface area (Å²) >= 11 is 13.1. The van der Waals surface area contributed by atoms with Gasteiger partial charge in [0.1, 0.15) is 11.0 Å². The topological polar surface area (TPSA) is 80.3 Å². The molecule has 35 heavy (non-hydrogen) atoms. The lowest BCUT2D eigenvalue weighted by Gasteiger charge is -2.32. The summed E-state index contributed by atoms with van der Waals surface area (Å²) < 4.78 is 10.7. The smallest absolute Gasteiger partial charge is 0.137 e. The Labute approximate surface area is 218 Å². The zero-order valence-electron chi connectivity index (χ0n) is 20.7. The Bertz CT molecular complexity index is 949. The van der Waals surface area contributed by atoms with Gasteiger partial charge < -0.3 is 25.4 Å². The molecular formula is C26H37Cl2N5O2. The summed E-state index contributed by atoms with van der Waals surface area (Å²) in [5, 5.41) is 11.8. The van der Waals surface area contributed by atoms with E-state index in [1.54, 1.807) is 19.5 Å². The highest BCUT2D eigenvalue weighted by atomic mass is 35.5. The first-order chi connectivity index (χ1) is 17.0. The van der Waals surface area contributed by atoms with Gasteiger partial charge in [-0.2, -0.15) is 0 Å². The fraction of sp³-hybridized carbons (Fsp3) is 0.615. The van der Waals surface area contributed by atoms with Crippen LogP contribution < -0.4 is 16.0 Å². The van der Waals surface area contributed by atoms with Gasteiger partial charge in [-0.1, -0.05) is 23.2 Å². The Balaban J connectivity index is 1.38. The fourth-order valence-corrected chi connectivity index (χ4v) is 5.39. The molecule has 192 valence electrons. The maximum atomic E-state index is 6.56. The van der Waals surface area contributed by atoms with Crippen molar-refractivity contribution in [2.24, 2.45) is 5.92 Å². The predicted octanol–water partition coefficient (Wildman–Crippen LogP) is 5.64. The van der Waals surface area contributed by atoms with Crippen molar-refractivity contribution in [1.82, 2.24) is 15.3 Å².